The van der Waals surface area contributed by atoms with E-state index < -0.39 is 0 Å². The number of nitrogens with zero attached hydrogens (tertiary/aromatic N) is 5. The number of rotatable bonds is 7. The van der Waals surface area contributed by atoms with Crippen molar-refractivity contribution in [3.63, 3.8) is 0 Å². The first-order valence-electron chi connectivity index (χ1n) is 11.4. The first kappa shape index (κ1) is 22.3. The minimum Gasteiger partial charge on any atom is -0.491 e. The van der Waals surface area contributed by atoms with E-state index >= 15 is 0 Å². The van der Waals surface area contributed by atoms with Crippen molar-refractivity contribution >= 4 is 33.4 Å². The highest BCUT2D eigenvalue weighted by Crippen LogP contribution is 2.34. The molecule has 180 valence electrons. The van der Waals surface area contributed by atoms with Gasteiger partial charge in [-0.05, 0) is 56.1 Å². The van der Waals surface area contributed by atoms with Crippen molar-refractivity contribution in [3.8, 4) is 38.8 Å². The summed E-state index contributed by atoms with van der Waals surface area (Å²) in [4.78, 5) is 19.7. The van der Waals surface area contributed by atoms with Gasteiger partial charge in [0.25, 0.3) is 0 Å². The van der Waals surface area contributed by atoms with Crippen LogP contribution in [-0.4, -0.2) is 62.3 Å². The number of hydrogen-bond donors (Lipinski definition) is 2. The lowest BCUT2D eigenvalue weighted by atomic mass is 10.0. The van der Waals surface area contributed by atoms with Crippen molar-refractivity contribution in [1.82, 2.24) is 35.0 Å². The molecule has 0 amide bonds. The monoisotopic (exact) mass is 499 g/mol. The lowest BCUT2D eigenvalue weighted by Gasteiger charge is -2.11. The van der Waals surface area contributed by atoms with Gasteiger partial charge in [-0.25, -0.2) is 9.97 Å². The molecule has 5 heterocycles. The number of likely N-dealkylation sites (N-methyl/N-ethyl adjacent to an activating group) is 1. The summed E-state index contributed by atoms with van der Waals surface area (Å²) in [6.07, 6.45) is 5.23. The fourth-order valence-electron chi connectivity index (χ4n) is 4.06. The predicted octanol–water partition coefficient (Wildman–Crippen LogP) is 5.37. The van der Waals surface area contributed by atoms with Gasteiger partial charge >= 0.3 is 0 Å². The van der Waals surface area contributed by atoms with E-state index in [1.165, 1.54) is 6.07 Å². The molecule has 5 aromatic heterocycles. The van der Waals surface area contributed by atoms with Gasteiger partial charge in [0, 0.05) is 40.3 Å². The predicted molar refractivity (Wildman–Crippen MR) is 140 cm³/mol. The molecule has 0 aliphatic rings. The maximum Gasteiger partial charge on any atom is 0.176 e. The van der Waals surface area contributed by atoms with Gasteiger partial charge < -0.3 is 14.6 Å². The Morgan fingerprint density at radius 2 is 1.97 bits per heavy atom. The first-order valence-corrected chi connectivity index (χ1v) is 12.2. The van der Waals surface area contributed by atoms with E-state index in [2.05, 4.69) is 36.1 Å². The van der Waals surface area contributed by atoms with Crippen LogP contribution >= 0.6 is 11.3 Å². The van der Waals surface area contributed by atoms with Crippen LogP contribution in [0.5, 0.6) is 5.75 Å². The fraction of sp³-hybridized carbons (Fsp3) is 0.154. The number of nitrogens with one attached hydrogen (secondary N) is 2. The van der Waals surface area contributed by atoms with E-state index in [0.717, 1.165) is 56.1 Å². The van der Waals surface area contributed by atoms with Crippen LogP contribution in [0, 0.1) is 5.13 Å². The molecule has 0 fully saturated rings. The van der Waals surface area contributed by atoms with Crippen LogP contribution in [0.1, 0.15) is 0 Å². The first-order chi connectivity index (χ1) is 17.5. The summed E-state index contributed by atoms with van der Waals surface area (Å²) in [5.74, 6) is 1.31. The van der Waals surface area contributed by atoms with E-state index in [9.17, 15) is 4.39 Å². The quantitative estimate of drug-likeness (QED) is 0.307. The Hall–Kier alpha value is -4.15. The minimum absolute atomic E-state index is 0.238. The van der Waals surface area contributed by atoms with Crippen molar-refractivity contribution in [1.29, 1.82) is 0 Å². The van der Waals surface area contributed by atoms with Crippen LogP contribution in [0.15, 0.2) is 61.1 Å². The van der Waals surface area contributed by atoms with E-state index in [4.69, 9.17) is 9.72 Å². The van der Waals surface area contributed by atoms with Gasteiger partial charge in [0.2, 0.25) is 0 Å². The molecule has 6 aromatic rings. The maximum atomic E-state index is 13.7. The van der Waals surface area contributed by atoms with Crippen molar-refractivity contribution in [2.75, 3.05) is 27.2 Å². The second-order valence-corrected chi connectivity index (χ2v) is 9.67. The van der Waals surface area contributed by atoms with Crippen LogP contribution in [0.4, 0.5) is 4.39 Å². The zero-order valence-corrected chi connectivity index (χ0v) is 20.4. The molecular formula is C26H22FN7OS. The molecule has 6 rings (SSSR count). The standard InChI is InChI=1S/C26H22FN7OS/c1-34(2)9-10-35-17-11-16(13-28-14-17)15-3-4-20-19(12-15)24(33-32-20)26-30-23-18(7-8-29-25(23)31-26)21-5-6-22(27)36-21/h3-8,11-14H,9-10H2,1-2H3,(H,32,33)(H,29,30,31). The fourth-order valence-corrected chi connectivity index (χ4v) is 4.81. The molecule has 0 atom stereocenters. The second kappa shape index (κ2) is 9.14. The highest BCUT2D eigenvalue weighted by Gasteiger charge is 2.17. The molecule has 8 nitrogen and oxygen atoms in total. The van der Waals surface area contributed by atoms with Gasteiger partial charge in [-0.15, -0.1) is 11.3 Å². The van der Waals surface area contributed by atoms with Crippen LogP contribution < -0.4 is 4.74 Å². The SMILES string of the molecule is CN(C)CCOc1cncc(-c2ccc3[nH]nc(-c4nc5c(-c6ccc(F)s6)ccnc5[nH]4)c3c2)c1. The average Bonchev–Trinajstić information content (AvgIpc) is 3.61. The number of aromatic amines is 2. The van der Waals surface area contributed by atoms with E-state index in [-0.39, 0.29) is 5.13 Å². The Labute approximate surface area is 209 Å². The van der Waals surface area contributed by atoms with Crippen LogP contribution in [0.3, 0.4) is 0 Å². The number of hydrogen-bond acceptors (Lipinski definition) is 7. The molecule has 36 heavy (non-hydrogen) atoms. The van der Waals surface area contributed by atoms with Crippen molar-refractivity contribution < 1.29 is 9.13 Å². The number of H-pyrrole nitrogens is 2. The highest BCUT2D eigenvalue weighted by molar-refractivity contribution is 7.14. The van der Waals surface area contributed by atoms with Crippen molar-refractivity contribution in [2.45, 2.75) is 0 Å². The summed E-state index contributed by atoms with van der Waals surface area (Å²) in [5, 5.41) is 8.29. The van der Waals surface area contributed by atoms with E-state index in [1.807, 2.05) is 44.6 Å². The Balaban J connectivity index is 1.37. The number of fused-ring (bicyclic) bond motifs is 2. The third-order valence-corrected chi connectivity index (χ3v) is 6.77. The Bertz CT molecular complexity index is 1690. The molecule has 1 aromatic carbocycles. The van der Waals surface area contributed by atoms with Crippen LogP contribution in [0.2, 0.25) is 0 Å². The average molecular weight is 500 g/mol. The smallest absolute Gasteiger partial charge is 0.176 e. The third kappa shape index (κ3) is 4.21. The van der Waals surface area contributed by atoms with Crippen molar-refractivity contribution in [2.24, 2.45) is 0 Å². The number of benzene rings is 1. The number of ether oxygens (including phenoxy) is 1. The maximum absolute atomic E-state index is 13.7. The van der Waals surface area contributed by atoms with Gasteiger partial charge in [0.1, 0.15) is 23.6 Å². The molecule has 0 unspecified atom stereocenters. The summed E-state index contributed by atoms with van der Waals surface area (Å²) >= 11 is 1.08. The summed E-state index contributed by atoms with van der Waals surface area (Å²) in [5.41, 5.74) is 5.62. The molecule has 0 bridgehead atoms. The van der Waals surface area contributed by atoms with Crippen LogP contribution in [0.25, 0.3) is 55.2 Å². The number of thiophene rings is 1. The second-order valence-electron chi connectivity index (χ2n) is 8.64. The number of imidazole rings is 1. The summed E-state index contributed by atoms with van der Waals surface area (Å²) in [7, 11) is 4.02. The lowest BCUT2D eigenvalue weighted by Crippen LogP contribution is -2.19. The topological polar surface area (TPSA) is 95.6 Å². The molecule has 0 saturated heterocycles. The Morgan fingerprint density at radius 1 is 1.06 bits per heavy atom. The zero-order chi connectivity index (χ0) is 24.6. The van der Waals surface area contributed by atoms with Gasteiger partial charge in [0.15, 0.2) is 16.6 Å². The number of aromatic nitrogens is 6. The molecule has 2 N–H and O–H groups in total. The molecule has 0 aliphatic heterocycles. The molecule has 0 aliphatic carbocycles. The number of pyridine rings is 2. The van der Waals surface area contributed by atoms with Gasteiger partial charge in [-0.1, -0.05) is 6.07 Å². The summed E-state index contributed by atoms with van der Waals surface area (Å²) < 4.78 is 19.5. The molecule has 10 heteroatoms. The lowest BCUT2D eigenvalue weighted by molar-refractivity contribution is 0.261. The molecular weight excluding hydrogens is 477 g/mol. The molecule has 0 radical (unpaired) electrons. The highest BCUT2D eigenvalue weighted by atomic mass is 32.1. The zero-order valence-electron chi connectivity index (χ0n) is 19.6. The summed E-state index contributed by atoms with van der Waals surface area (Å²) in [6, 6.07) is 13.1. The Kier molecular flexibility index (Phi) is 5.67. The normalized spacial score (nSPS) is 11.7. The largest absolute Gasteiger partial charge is 0.491 e. The Morgan fingerprint density at radius 3 is 2.81 bits per heavy atom. The molecule has 0 saturated carbocycles. The third-order valence-electron chi connectivity index (χ3n) is 5.86. The van der Waals surface area contributed by atoms with Gasteiger partial charge in [-0.3, -0.25) is 10.1 Å². The summed E-state index contributed by atoms with van der Waals surface area (Å²) in [6.45, 7) is 1.41. The van der Waals surface area contributed by atoms with Gasteiger partial charge in [0.05, 0.1) is 11.7 Å². The number of halogens is 1. The van der Waals surface area contributed by atoms with Gasteiger partial charge in [-0.2, -0.15) is 9.49 Å². The van der Waals surface area contributed by atoms with Crippen molar-refractivity contribution in [3.05, 3.63) is 66.2 Å². The minimum atomic E-state index is -0.238. The van der Waals surface area contributed by atoms with E-state index in [0.29, 0.717) is 29.3 Å². The van der Waals surface area contributed by atoms with E-state index in [1.54, 1.807) is 18.5 Å². The van der Waals surface area contributed by atoms with Crippen LogP contribution in [-0.2, 0) is 0 Å². The molecule has 0 spiro atoms.